The summed E-state index contributed by atoms with van der Waals surface area (Å²) in [7, 11) is 0. The van der Waals surface area contributed by atoms with E-state index >= 15 is 0 Å². The minimum absolute atomic E-state index is 0.0372. The van der Waals surface area contributed by atoms with E-state index < -0.39 is 17.5 Å². The van der Waals surface area contributed by atoms with Crippen molar-refractivity contribution in [2.45, 2.75) is 39.8 Å². The highest BCUT2D eigenvalue weighted by Gasteiger charge is 2.17. The Kier molecular flexibility index (Phi) is 5.97. The first-order valence-corrected chi connectivity index (χ1v) is 8.27. The summed E-state index contributed by atoms with van der Waals surface area (Å²) in [4.78, 5) is 23.0. The number of aryl methyl sites for hydroxylation is 1. The van der Waals surface area contributed by atoms with Crippen LogP contribution in [-0.4, -0.2) is 18.0 Å². The van der Waals surface area contributed by atoms with E-state index in [2.05, 4.69) is 10.6 Å². The van der Waals surface area contributed by atoms with Crippen molar-refractivity contribution in [1.29, 1.82) is 0 Å². The lowest BCUT2D eigenvalue weighted by molar-refractivity contribution is 0.0635. The highest BCUT2D eigenvalue weighted by atomic mass is 19.1. The maximum atomic E-state index is 14.3. The van der Waals surface area contributed by atoms with Crippen LogP contribution >= 0.6 is 0 Å². The van der Waals surface area contributed by atoms with Crippen LogP contribution in [0.2, 0.25) is 0 Å². The van der Waals surface area contributed by atoms with Crippen LogP contribution in [-0.2, 0) is 11.3 Å². The number of nitrogens with one attached hydrogen (secondary N) is 2. The molecule has 6 heteroatoms. The van der Waals surface area contributed by atoms with E-state index in [0.717, 1.165) is 5.56 Å². The highest BCUT2D eigenvalue weighted by Crippen LogP contribution is 2.23. The second kappa shape index (κ2) is 7.99. The molecule has 2 N–H and O–H groups in total. The molecule has 0 aromatic heterocycles. The van der Waals surface area contributed by atoms with E-state index in [9.17, 15) is 14.0 Å². The van der Waals surface area contributed by atoms with Crippen molar-refractivity contribution in [3.05, 3.63) is 58.9 Å². The summed E-state index contributed by atoms with van der Waals surface area (Å²) in [5.41, 5.74) is 1.56. The molecule has 0 radical (unpaired) electrons. The zero-order valence-electron chi connectivity index (χ0n) is 15.4. The molecule has 0 aliphatic rings. The fourth-order valence-corrected chi connectivity index (χ4v) is 2.37. The molecular formula is C20H23FN2O3. The monoisotopic (exact) mass is 358 g/mol. The lowest BCUT2D eigenvalue weighted by atomic mass is 10.1. The van der Waals surface area contributed by atoms with Crippen LogP contribution in [0.5, 0.6) is 0 Å². The molecule has 26 heavy (non-hydrogen) atoms. The van der Waals surface area contributed by atoms with Gasteiger partial charge in [-0.05, 0) is 51.0 Å². The average Bonchev–Trinajstić information content (AvgIpc) is 2.54. The van der Waals surface area contributed by atoms with E-state index in [0.29, 0.717) is 17.5 Å². The van der Waals surface area contributed by atoms with Crippen LogP contribution in [0.4, 0.5) is 20.6 Å². The van der Waals surface area contributed by atoms with Crippen molar-refractivity contribution in [3.8, 4) is 0 Å². The maximum Gasteiger partial charge on any atom is 0.412 e. The second-order valence-corrected chi connectivity index (χ2v) is 6.91. The Morgan fingerprint density at radius 1 is 1.15 bits per heavy atom. The number of carbonyl (C=O) groups excluding carboxylic acids is 2. The fourth-order valence-electron chi connectivity index (χ4n) is 2.37. The summed E-state index contributed by atoms with van der Waals surface area (Å²) in [5.74, 6) is -0.586. The van der Waals surface area contributed by atoms with Crippen LogP contribution < -0.4 is 10.6 Å². The Balaban J connectivity index is 2.14. The Hall–Kier alpha value is -2.89. The minimum atomic E-state index is -0.604. The first-order chi connectivity index (χ1) is 12.2. The molecule has 1 amide bonds. The number of hydrogen-bond acceptors (Lipinski definition) is 4. The summed E-state index contributed by atoms with van der Waals surface area (Å²) in [6.45, 7) is 7.29. The topological polar surface area (TPSA) is 67.4 Å². The number of benzene rings is 2. The van der Waals surface area contributed by atoms with Gasteiger partial charge in [0.15, 0.2) is 12.1 Å². The van der Waals surface area contributed by atoms with Gasteiger partial charge >= 0.3 is 6.09 Å². The van der Waals surface area contributed by atoms with Crippen LogP contribution in [0.15, 0.2) is 36.4 Å². The van der Waals surface area contributed by atoms with E-state index in [-0.39, 0.29) is 17.8 Å². The number of anilines is 2. The molecule has 0 aliphatic heterocycles. The van der Waals surface area contributed by atoms with Crippen LogP contribution in [0, 0.1) is 12.7 Å². The Bertz CT molecular complexity index is 813. The van der Waals surface area contributed by atoms with Crippen LogP contribution in [0.25, 0.3) is 0 Å². The molecular weight excluding hydrogens is 335 g/mol. The lowest BCUT2D eigenvalue weighted by Crippen LogP contribution is -2.27. The molecule has 0 bridgehead atoms. The van der Waals surface area contributed by atoms with Gasteiger partial charge in [0.25, 0.3) is 0 Å². The summed E-state index contributed by atoms with van der Waals surface area (Å²) < 4.78 is 19.6. The Morgan fingerprint density at radius 2 is 1.85 bits per heavy atom. The van der Waals surface area contributed by atoms with Gasteiger partial charge in [-0.15, -0.1) is 0 Å². The molecule has 0 fully saturated rings. The summed E-state index contributed by atoms with van der Waals surface area (Å²) in [6, 6.07) is 10.4. The molecule has 0 saturated carbocycles. The predicted molar refractivity (Wildman–Crippen MR) is 100 cm³/mol. The summed E-state index contributed by atoms with van der Waals surface area (Å²) in [6.07, 6.45) is -0.0527. The van der Waals surface area contributed by atoms with Crippen molar-refractivity contribution in [3.63, 3.8) is 0 Å². The molecule has 0 spiro atoms. The molecule has 0 atom stereocenters. The van der Waals surface area contributed by atoms with Gasteiger partial charge in [-0.25, -0.2) is 9.18 Å². The number of amides is 1. The van der Waals surface area contributed by atoms with Gasteiger partial charge in [-0.1, -0.05) is 24.3 Å². The minimum Gasteiger partial charge on any atom is -0.444 e. The zero-order chi connectivity index (χ0) is 19.3. The number of para-hydroxylation sites is 1. The molecule has 0 heterocycles. The summed E-state index contributed by atoms with van der Waals surface area (Å²) >= 11 is 0. The zero-order valence-corrected chi connectivity index (χ0v) is 15.4. The lowest BCUT2D eigenvalue weighted by Gasteiger charge is -2.20. The molecule has 2 aromatic rings. The molecule has 5 nitrogen and oxygen atoms in total. The highest BCUT2D eigenvalue weighted by molar-refractivity contribution is 5.86. The third-order valence-corrected chi connectivity index (χ3v) is 3.64. The van der Waals surface area contributed by atoms with Gasteiger partial charge in [0, 0.05) is 12.2 Å². The van der Waals surface area contributed by atoms with E-state index in [4.69, 9.17) is 4.74 Å². The van der Waals surface area contributed by atoms with E-state index in [1.165, 1.54) is 0 Å². The predicted octanol–water partition coefficient (Wildman–Crippen LogP) is 4.91. The molecule has 2 aromatic carbocycles. The number of halogens is 1. The van der Waals surface area contributed by atoms with Gasteiger partial charge in [-0.2, -0.15) is 0 Å². The van der Waals surface area contributed by atoms with Crippen molar-refractivity contribution >= 4 is 23.8 Å². The summed E-state index contributed by atoms with van der Waals surface area (Å²) in [5, 5.41) is 5.67. The van der Waals surface area contributed by atoms with Crippen molar-refractivity contribution < 1.29 is 18.7 Å². The van der Waals surface area contributed by atoms with E-state index in [1.807, 2.05) is 12.1 Å². The normalized spacial score (nSPS) is 11.0. The Morgan fingerprint density at radius 3 is 2.50 bits per heavy atom. The number of aldehydes is 1. The van der Waals surface area contributed by atoms with E-state index in [1.54, 1.807) is 52.0 Å². The van der Waals surface area contributed by atoms with Gasteiger partial charge in [-0.3, -0.25) is 10.1 Å². The number of carbonyl (C=O) groups is 2. The van der Waals surface area contributed by atoms with Crippen molar-refractivity contribution in [2.75, 3.05) is 10.6 Å². The number of ether oxygens (including phenoxy) is 1. The number of hydrogen-bond donors (Lipinski definition) is 2. The number of rotatable bonds is 5. The molecule has 0 aliphatic carbocycles. The quantitative estimate of drug-likeness (QED) is 0.746. The van der Waals surface area contributed by atoms with Gasteiger partial charge < -0.3 is 10.1 Å². The largest absolute Gasteiger partial charge is 0.444 e. The van der Waals surface area contributed by atoms with Crippen molar-refractivity contribution in [1.82, 2.24) is 0 Å². The van der Waals surface area contributed by atoms with Crippen LogP contribution in [0.3, 0.4) is 0 Å². The third-order valence-electron chi connectivity index (χ3n) is 3.64. The fraction of sp³-hybridized carbons (Fsp3) is 0.300. The standard InChI is InChI=1S/C20H23FN2O3/c1-13-9-10-17(18(21)15(13)12-24)22-11-14-7-5-6-8-16(14)23-19(25)26-20(2,3)4/h5-10,12,22H,11H2,1-4H3,(H,23,25). The Labute approximate surface area is 152 Å². The average molecular weight is 358 g/mol. The van der Waals surface area contributed by atoms with Gasteiger partial charge in [0.05, 0.1) is 11.3 Å². The first kappa shape index (κ1) is 19.4. The SMILES string of the molecule is Cc1ccc(NCc2ccccc2NC(=O)OC(C)(C)C)c(F)c1C=O. The maximum absolute atomic E-state index is 14.3. The molecule has 0 unspecified atom stereocenters. The smallest absolute Gasteiger partial charge is 0.412 e. The van der Waals surface area contributed by atoms with Crippen molar-refractivity contribution in [2.24, 2.45) is 0 Å². The molecule has 0 saturated heterocycles. The molecule has 2 rings (SSSR count). The van der Waals surface area contributed by atoms with Gasteiger partial charge in [0.1, 0.15) is 5.60 Å². The third kappa shape index (κ3) is 5.05. The first-order valence-electron chi connectivity index (χ1n) is 8.27. The molecule has 138 valence electrons. The second-order valence-electron chi connectivity index (χ2n) is 6.91. The van der Waals surface area contributed by atoms with Gasteiger partial charge in [0.2, 0.25) is 0 Å². The van der Waals surface area contributed by atoms with Crippen LogP contribution in [0.1, 0.15) is 42.3 Å².